The van der Waals surface area contributed by atoms with Gasteiger partial charge in [0.1, 0.15) is 13.2 Å². The normalized spacial score (nSPS) is 13.0. The Labute approximate surface area is 589 Å². The smallest absolute Gasteiger partial charge is 0.306 e. The number of aliphatic carboxylic acids is 1. The average molecular weight is 1330 g/mol. The van der Waals surface area contributed by atoms with Crippen molar-refractivity contribution < 1.29 is 42.9 Å². The topological polar surface area (TPSA) is 111 Å². The average Bonchev–Trinajstić information content (AvgIpc) is 3.75. The zero-order valence-corrected chi connectivity index (χ0v) is 63.6. The number of rotatable bonds is 77. The van der Waals surface area contributed by atoms with Gasteiger partial charge in [-0.25, -0.2) is 0 Å². The summed E-state index contributed by atoms with van der Waals surface area (Å²) in [6, 6.07) is 0. The van der Waals surface area contributed by atoms with E-state index in [1.165, 1.54) is 302 Å². The van der Waals surface area contributed by atoms with Gasteiger partial charge in [-0.1, -0.05) is 376 Å². The second-order valence-corrected chi connectivity index (χ2v) is 29.0. The second-order valence-electron chi connectivity index (χ2n) is 29.0. The van der Waals surface area contributed by atoms with Gasteiger partial charge in [-0.15, -0.1) is 0 Å². The predicted molar refractivity (Wildman–Crippen MR) is 408 cm³/mol. The maximum absolute atomic E-state index is 13.0. The van der Waals surface area contributed by atoms with Gasteiger partial charge in [0.25, 0.3) is 0 Å². The molecule has 0 radical (unpaired) electrons. The Kier molecular flexibility index (Phi) is 73.9. The van der Waals surface area contributed by atoms with Crippen LogP contribution in [0.25, 0.3) is 0 Å². The van der Waals surface area contributed by atoms with Crippen molar-refractivity contribution in [2.24, 2.45) is 0 Å². The van der Waals surface area contributed by atoms with Gasteiger partial charge in [-0.2, -0.15) is 0 Å². The highest BCUT2D eigenvalue weighted by atomic mass is 16.7. The van der Waals surface area contributed by atoms with Crippen molar-refractivity contribution in [1.82, 2.24) is 0 Å². The van der Waals surface area contributed by atoms with Crippen LogP contribution in [0.4, 0.5) is 0 Å². The molecule has 9 heteroatoms. The van der Waals surface area contributed by atoms with Crippen molar-refractivity contribution >= 4 is 17.9 Å². The van der Waals surface area contributed by atoms with Crippen LogP contribution in [0, 0.1) is 0 Å². The quantitative estimate of drug-likeness (QED) is 0.0195. The number of carbonyl (C=O) groups excluding carboxylic acids is 3. The Morgan fingerprint density at radius 2 is 0.600 bits per heavy atom. The van der Waals surface area contributed by atoms with Gasteiger partial charge in [0.15, 0.2) is 12.4 Å². The monoisotopic (exact) mass is 1330 g/mol. The summed E-state index contributed by atoms with van der Waals surface area (Å²) in [6.07, 6.45) is 100. The third-order valence-electron chi connectivity index (χ3n) is 18.4. The minimum absolute atomic E-state index is 0.149. The summed E-state index contributed by atoms with van der Waals surface area (Å²) in [5, 5.41) is 11.9. The largest absolute Gasteiger partial charge is 0.545 e. The molecule has 95 heavy (non-hydrogen) atoms. The van der Waals surface area contributed by atoms with Crippen LogP contribution in [-0.4, -0.2) is 82.3 Å². The number of carboxylic acid groups (broad SMARTS) is 1. The first-order chi connectivity index (χ1) is 46.6. The van der Waals surface area contributed by atoms with Crippen LogP contribution in [0.1, 0.15) is 399 Å². The highest BCUT2D eigenvalue weighted by Crippen LogP contribution is 2.20. The van der Waals surface area contributed by atoms with Crippen molar-refractivity contribution in [3.05, 3.63) is 72.9 Å². The Hall–Kier alpha value is -3.27. The molecule has 0 bridgehead atoms. The molecule has 0 rings (SSSR count). The zero-order valence-electron chi connectivity index (χ0n) is 63.6. The molecule has 0 aliphatic heterocycles. The standard InChI is InChI=1S/C86H157NO8/c1-6-8-10-12-14-16-18-20-22-24-26-28-30-32-34-36-38-40-41-42-43-45-46-48-50-52-54-56-58-60-62-64-66-68-70-72-74-76-83(88)93-80-82(81-94-86(85(90)91)92-79-78-87(3,4)5)95-84(89)77-75-73-71-69-67-65-63-61-59-57-55-53-51-49-47-44-39-37-35-33-31-29-27-25-23-21-19-17-15-13-11-9-7-2/h9,11,15,17,21,23-24,26-27,29,33,35,82,86H,6-8,10,12-14,16,18-20,22,25,28,30-32,34,36-81H2,1-5H3/b11-9-,17-15-,23-21-,26-24-,29-27-,35-33-. The number of hydrogen-bond donors (Lipinski definition) is 0. The SMILES string of the molecule is CC/C=C\C/C=C\C/C=C\C/C=C\C/C=C\CCCCCCCCCCCCCCCCCCCC(=O)OC(COC(=O)CCCCCCCCCCCCCCCCCCCCCCCCCCC/C=C\CCCCCCCCCC)COC(OCC[N+](C)(C)C)C(=O)[O-]. The third kappa shape index (κ3) is 77.9. The minimum Gasteiger partial charge on any atom is -0.545 e. The van der Waals surface area contributed by atoms with Gasteiger partial charge in [0.2, 0.25) is 0 Å². The lowest BCUT2D eigenvalue weighted by Gasteiger charge is -2.26. The van der Waals surface area contributed by atoms with E-state index >= 15 is 0 Å². The van der Waals surface area contributed by atoms with E-state index in [9.17, 15) is 19.5 Å². The number of carbonyl (C=O) groups is 3. The van der Waals surface area contributed by atoms with Crippen LogP contribution in [0.2, 0.25) is 0 Å². The molecule has 0 saturated heterocycles. The molecular weight excluding hydrogens is 1170 g/mol. The number of allylic oxidation sites excluding steroid dienone is 12. The molecule has 0 aromatic rings. The Morgan fingerprint density at radius 1 is 0.326 bits per heavy atom. The van der Waals surface area contributed by atoms with E-state index in [-0.39, 0.29) is 32.2 Å². The van der Waals surface area contributed by atoms with Crippen LogP contribution in [0.5, 0.6) is 0 Å². The lowest BCUT2D eigenvalue weighted by Crippen LogP contribution is -2.44. The fourth-order valence-corrected chi connectivity index (χ4v) is 12.2. The molecular formula is C86H157NO8. The van der Waals surface area contributed by atoms with Crippen molar-refractivity contribution in [2.45, 2.75) is 411 Å². The Bertz CT molecular complexity index is 1790. The summed E-state index contributed by atoms with van der Waals surface area (Å²) in [6.45, 7) is 4.70. The van der Waals surface area contributed by atoms with E-state index in [1.807, 2.05) is 21.1 Å². The number of likely N-dealkylation sites (N-methyl/N-ethyl adjacent to an activating group) is 1. The summed E-state index contributed by atoms with van der Waals surface area (Å²) < 4.78 is 22.9. The summed E-state index contributed by atoms with van der Waals surface area (Å²) >= 11 is 0. The van der Waals surface area contributed by atoms with Crippen molar-refractivity contribution in [2.75, 3.05) is 47.5 Å². The van der Waals surface area contributed by atoms with E-state index in [0.29, 0.717) is 23.9 Å². The Morgan fingerprint density at radius 3 is 0.905 bits per heavy atom. The lowest BCUT2D eigenvalue weighted by atomic mass is 10.0. The molecule has 0 saturated carbocycles. The van der Waals surface area contributed by atoms with E-state index < -0.39 is 24.3 Å². The lowest BCUT2D eigenvalue weighted by molar-refractivity contribution is -0.870. The molecule has 9 nitrogen and oxygen atoms in total. The summed E-state index contributed by atoms with van der Waals surface area (Å²) in [7, 11) is 5.95. The fourth-order valence-electron chi connectivity index (χ4n) is 12.2. The molecule has 0 aromatic heterocycles. The maximum atomic E-state index is 13.0. The van der Waals surface area contributed by atoms with Crippen LogP contribution in [0.15, 0.2) is 72.9 Å². The van der Waals surface area contributed by atoms with Gasteiger partial charge >= 0.3 is 11.9 Å². The zero-order chi connectivity index (χ0) is 69.0. The number of quaternary nitrogens is 1. The first-order valence-electron chi connectivity index (χ1n) is 41.1. The van der Waals surface area contributed by atoms with E-state index in [4.69, 9.17) is 18.9 Å². The maximum Gasteiger partial charge on any atom is 0.306 e. The van der Waals surface area contributed by atoms with E-state index in [2.05, 4.69) is 86.8 Å². The molecule has 0 fully saturated rings. The van der Waals surface area contributed by atoms with Gasteiger partial charge in [0, 0.05) is 12.8 Å². The van der Waals surface area contributed by atoms with E-state index in [0.717, 1.165) is 64.2 Å². The summed E-state index contributed by atoms with van der Waals surface area (Å²) in [4.78, 5) is 37.6. The van der Waals surface area contributed by atoms with Crippen LogP contribution in [0.3, 0.4) is 0 Å². The number of esters is 2. The number of ether oxygens (including phenoxy) is 4. The highest BCUT2D eigenvalue weighted by Gasteiger charge is 2.22. The molecule has 0 heterocycles. The third-order valence-corrected chi connectivity index (χ3v) is 18.4. The Balaban J connectivity index is 3.97. The molecule has 554 valence electrons. The van der Waals surface area contributed by atoms with Gasteiger partial charge in [-0.05, 0) is 83.5 Å². The number of carboxylic acids is 1. The van der Waals surface area contributed by atoms with Gasteiger partial charge in [0.05, 0.1) is 40.3 Å². The molecule has 0 aliphatic carbocycles. The highest BCUT2D eigenvalue weighted by molar-refractivity contribution is 5.70. The van der Waals surface area contributed by atoms with Crippen LogP contribution >= 0.6 is 0 Å². The second kappa shape index (κ2) is 76.5. The molecule has 2 unspecified atom stereocenters. The van der Waals surface area contributed by atoms with Gasteiger partial charge < -0.3 is 33.3 Å². The van der Waals surface area contributed by atoms with Crippen molar-refractivity contribution in [3.63, 3.8) is 0 Å². The first kappa shape index (κ1) is 91.7. The number of hydrogen-bond acceptors (Lipinski definition) is 8. The molecule has 0 N–H and O–H groups in total. The number of nitrogens with zero attached hydrogens (tertiary/aromatic N) is 1. The minimum atomic E-state index is -1.62. The first-order valence-corrected chi connectivity index (χ1v) is 41.1. The number of unbranched alkanes of at least 4 members (excludes halogenated alkanes) is 50. The molecule has 2 atom stereocenters. The molecule has 0 spiro atoms. The van der Waals surface area contributed by atoms with Gasteiger partial charge in [-0.3, -0.25) is 9.59 Å². The van der Waals surface area contributed by atoms with Crippen LogP contribution in [-0.2, 0) is 33.3 Å². The fraction of sp³-hybridized carbons (Fsp3) is 0.826. The van der Waals surface area contributed by atoms with Crippen molar-refractivity contribution in [1.29, 1.82) is 0 Å². The van der Waals surface area contributed by atoms with Crippen LogP contribution < -0.4 is 5.11 Å². The summed E-state index contributed by atoms with van der Waals surface area (Å²) in [5.74, 6) is -2.26. The summed E-state index contributed by atoms with van der Waals surface area (Å²) in [5.41, 5.74) is 0. The predicted octanol–water partition coefficient (Wildman–Crippen LogP) is 25.0. The molecule has 0 aromatic carbocycles. The molecule has 0 amide bonds. The molecule has 0 aliphatic rings. The van der Waals surface area contributed by atoms with Crippen molar-refractivity contribution in [3.8, 4) is 0 Å². The van der Waals surface area contributed by atoms with E-state index in [1.54, 1.807) is 0 Å².